The second kappa shape index (κ2) is 9.27. The molecule has 5 nitrogen and oxygen atoms in total. The lowest BCUT2D eigenvalue weighted by molar-refractivity contribution is -0.122. The first-order chi connectivity index (χ1) is 15.1. The maximum absolute atomic E-state index is 12.3. The van der Waals surface area contributed by atoms with Crippen LogP contribution < -0.4 is 9.47 Å². The minimum absolute atomic E-state index is 0.237. The van der Waals surface area contributed by atoms with Crippen LogP contribution >= 0.6 is 11.8 Å². The van der Waals surface area contributed by atoms with Gasteiger partial charge in [0.15, 0.2) is 11.5 Å². The fraction of sp³-hybridized carbons (Fsp3) is 0.200. The second-order valence-corrected chi connectivity index (χ2v) is 8.03. The Morgan fingerprint density at radius 3 is 2.45 bits per heavy atom. The molecule has 0 aromatic heterocycles. The van der Waals surface area contributed by atoms with E-state index in [1.807, 2.05) is 37.3 Å². The second-order valence-electron chi connectivity index (χ2n) is 7.04. The zero-order chi connectivity index (χ0) is 21.8. The molecule has 6 heteroatoms. The van der Waals surface area contributed by atoms with E-state index in [0.29, 0.717) is 36.2 Å². The monoisotopic (exact) mass is 433 g/mol. The van der Waals surface area contributed by atoms with Crippen molar-refractivity contribution in [3.05, 3.63) is 76.7 Å². The number of imide groups is 1. The van der Waals surface area contributed by atoms with Crippen LogP contribution in [0.1, 0.15) is 25.0 Å². The predicted octanol–water partition coefficient (Wildman–Crippen LogP) is 5.87. The summed E-state index contributed by atoms with van der Waals surface area (Å²) in [5.74, 6) is 0.979. The highest BCUT2D eigenvalue weighted by Gasteiger charge is 2.33. The Morgan fingerprint density at radius 1 is 0.903 bits per heavy atom. The van der Waals surface area contributed by atoms with Crippen molar-refractivity contribution in [3.63, 3.8) is 0 Å². The number of ether oxygens (including phenoxy) is 2. The van der Waals surface area contributed by atoms with Crippen molar-refractivity contribution in [1.82, 2.24) is 4.90 Å². The molecule has 3 aromatic carbocycles. The number of thioether (sulfide) groups is 1. The van der Waals surface area contributed by atoms with Crippen molar-refractivity contribution < 1.29 is 19.1 Å². The number of carbonyl (C=O) groups is 2. The van der Waals surface area contributed by atoms with Gasteiger partial charge in [-0.3, -0.25) is 14.5 Å². The topological polar surface area (TPSA) is 55.8 Å². The average Bonchev–Trinajstić information content (AvgIpc) is 3.05. The van der Waals surface area contributed by atoms with Crippen molar-refractivity contribution >= 4 is 39.8 Å². The van der Waals surface area contributed by atoms with Crippen LogP contribution in [0.3, 0.4) is 0 Å². The van der Waals surface area contributed by atoms with Crippen molar-refractivity contribution in [2.75, 3.05) is 13.2 Å². The molecular formula is C25H23NO4S. The van der Waals surface area contributed by atoms with Crippen molar-refractivity contribution in [2.45, 2.75) is 20.5 Å². The van der Waals surface area contributed by atoms with Gasteiger partial charge in [0.25, 0.3) is 11.1 Å². The summed E-state index contributed by atoms with van der Waals surface area (Å²) in [6.45, 7) is 4.97. The molecule has 1 saturated heterocycles. The van der Waals surface area contributed by atoms with E-state index >= 15 is 0 Å². The molecule has 1 aliphatic rings. The van der Waals surface area contributed by atoms with Gasteiger partial charge in [0, 0.05) is 6.54 Å². The Labute approximate surface area is 185 Å². The normalized spacial score (nSPS) is 15.2. The Bertz CT molecular complexity index is 1170. The Kier molecular flexibility index (Phi) is 6.28. The molecule has 0 bridgehead atoms. The number of amides is 2. The fourth-order valence-corrected chi connectivity index (χ4v) is 4.32. The zero-order valence-electron chi connectivity index (χ0n) is 17.5. The van der Waals surface area contributed by atoms with Crippen LogP contribution in [0.25, 0.3) is 16.8 Å². The van der Waals surface area contributed by atoms with E-state index in [0.717, 1.165) is 22.9 Å². The van der Waals surface area contributed by atoms with Gasteiger partial charge in [0.2, 0.25) is 0 Å². The summed E-state index contributed by atoms with van der Waals surface area (Å²) in [6.07, 6.45) is 1.72. The third-order valence-electron chi connectivity index (χ3n) is 4.96. The standard InChI is InChI=1S/C25H23NO4S/c1-3-26-24(27)23(31-25(26)28)15-17-10-12-21(22(14-17)29-4-2)30-16-18-9-11-19-7-5-6-8-20(19)13-18/h5-15H,3-4,16H2,1-2H3/b23-15+. The van der Waals surface area contributed by atoms with Gasteiger partial charge in [0.05, 0.1) is 11.5 Å². The van der Waals surface area contributed by atoms with E-state index in [9.17, 15) is 9.59 Å². The van der Waals surface area contributed by atoms with Gasteiger partial charge in [0.1, 0.15) is 6.61 Å². The van der Waals surface area contributed by atoms with E-state index < -0.39 is 0 Å². The van der Waals surface area contributed by atoms with Crippen LogP contribution in [0, 0.1) is 0 Å². The molecule has 0 spiro atoms. The molecule has 0 radical (unpaired) electrons. The summed E-state index contributed by atoms with van der Waals surface area (Å²) < 4.78 is 11.8. The summed E-state index contributed by atoms with van der Waals surface area (Å²) in [5, 5.41) is 2.13. The molecular weight excluding hydrogens is 410 g/mol. The quantitative estimate of drug-likeness (QED) is 0.436. The molecule has 1 heterocycles. The number of benzene rings is 3. The van der Waals surface area contributed by atoms with Gasteiger partial charge in [-0.2, -0.15) is 0 Å². The van der Waals surface area contributed by atoms with E-state index in [4.69, 9.17) is 9.47 Å². The summed E-state index contributed by atoms with van der Waals surface area (Å²) in [4.78, 5) is 25.9. The number of hydrogen-bond acceptors (Lipinski definition) is 5. The Balaban J connectivity index is 1.53. The highest BCUT2D eigenvalue weighted by atomic mass is 32.2. The lowest BCUT2D eigenvalue weighted by atomic mass is 10.1. The smallest absolute Gasteiger partial charge is 0.293 e. The highest BCUT2D eigenvalue weighted by molar-refractivity contribution is 8.18. The Hall–Kier alpha value is -3.25. The maximum atomic E-state index is 12.3. The minimum Gasteiger partial charge on any atom is -0.490 e. The molecule has 3 aromatic rings. The van der Waals surface area contributed by atoms with Crippen molar-refractivity contribution in [1.29, 1.82) is 0 Å². The number of carbonyl (C=O) groups excluding carboxylic acids is 2. The van der Waals surface area contributed by atoms with Gasteiger partial charge in [-0.25, -0.2) is 0 Å². The van der Waals surface area contributed by atoms with Crippen LogP contribution in [0.5, 0.6) is 11.5 Å². The van der Waals surface area contributed by atoms with E-state index in [-0.39, 0.29) is 11.1 Å². The number of hydrogen-bond donors (Lipinski definition) is 0. The molecule has 0 atom stereocenters. The summed E-state index contributed by atoms with van der Waals surface area (Å²) in [7, 11) is 0. The molecule has 2 amide bonds. The summed E-state index contributed by atoms with van der Waals surface area (Å²) >= 11 is 0.959. The third kappa shape index (κ3) is 4.59. The molecule has 0 aliphatic carbocycles. The summed E-state index contributed by atoms with van der Waals surface area (Å²) in [6, 6.07) is 20.0. The molecule has 0 N–H and O–H groups in total. The van der Waals surface area contributed by atoms with Crippen LogP contribution in [0.2, 0.25) is 0 Å². The first-order valence-electron chi connectivity index (χ1n) is 10.2. The molecule has 0 unspecified atom stereocenters. The third-order valence-corrected chi connectivity index (χ3v) is 5.87. The number of rotatable bonds is 7. The van der Waals surface area contributed by atoms with Crippen LogP contribution in [-0.4, -0.2) is 29.2 Å². The average molecular weight is 434 g/mol. The van der Waals surface area contributed by atoms with Gasteiger partial charge >= 0.3 is 0 Å². The van der Waals surface area contributed by atoms with E-state index in [2.05, 4.69) is 30.3 Å². The maximum Gasteiger partial charge on any atom is 0.293 e. The lowest BCUT2D eigenvalue weighted by Crippen LogP contribution is -2.27. The summed E-state index contributed by atoms with van der Waals surface area (Å²) in [5.41, 5.74) is 1.85. The first-order valence-corrected chi connectivity index (χ1v) is 11.0. The fourth-order valence-electron chi connectivity index (χ4n) is 3.42. The zero-order valence-corrected chi connectivity index (χ0v) is 18.3. The lowest BCUT2D eigenvalue weighted by Gasteiger charge is -2.13. The van der Waals surface area contributed by atoms with Gasteiger partial charge in [-0.05, 0) is 71.8 Å². The van der Waals surface area contributed by atoms with Crippen molar-refractivity contribution in [2.24, 2.45) is 0 Å². The number of nitrogens with zero attached hydrogens (tertiary/aromatic N) is 1. The molecule has 1 aliphatic heterocycles. The number of fused-ring (bicyclic) bond motifs is 1. The highest BCUT2D eigenvalue weighted by Crippen LogP contribution is 2.35. The molecule has 0 saturated carbocycles. The first kappa shape index (κ1) is 21.0. The molecule has 158 valence electrons. The molecule has 31 heavy (non-hydrogen) atoms. The van der Waals surface area contributed by atoms with E-state index in [1.54, 1.807) is 13.0 Å². The minimum atomic E-state index is -0.257. The van der Waals surface area contributed by atoms with E-state index in [1.165, 1.54) is 15.7 Å². The van der Waals surface area contributed by atoms with Crippen molar-refractivity contribution in [3.8, 4) is 11.5 Å². The largest absolute Gasteiger partial charge is 0.490 e. The van der Waals surface area contributed by atoms with Gasteiger partial charge in [-0.15, -0.1) is 0 Å². The van der Waals surface area contributed by atoms with Gasteiger partial charge < -0.3 is 9.47 Å². The SMILES string of the molecule is CCOc1cc(/C=C2/SC(=O)N(CC)C2=O)ccc1OCc1ccc2ccccc2c1. The molecule has 4 rings (SSSR count). The molecule has 1 fully saturated rings. The number of likely N-dealkylation sites (N-methyl/N-ethyl adjacent to an activating group) is 1. The van der Waals surface area contributed by atoms with Gasteiger partial charge in [-0.1, -0.05) is 42.5 Å². The van der Waals surface area contributed by atoms with Crippen LogP contribution in [-0.2, 0) is 11.4 Å². The van der Waals surface area contributed by atoms with Crippen LogP contribution in [0.4, 0.5) is 4.79 Å². The predicted molar refractivity (Wildman–Crippen MR) is 124 cm³/mol. The van der Waals surface area contributed by atoms with Crippen LogP contribution in [0.15, 0.2) is 65.6 Å². The Morgan fingerprint density at radius 2 is 1.71 bits per heavy atom.